The van der Waals surface area contributed by atoms with Crippen LogP contribution in [0, 0.1) is 10.7 Å². The first-order chi connectivity index (χ1) is 15.8. The molecule has 0 saturated heterocycles. The number of benzene rings is 2. The Kier molecular flexibility index (Phi) is 8.13. The molecule has 8 nitrogen and oxygen atoms in total. The molecule has 3 aromatic rings. The van der Waals surface area contributed by atoms with Gasteiger partial charge in [0.1, 0.15) is 0 Å². The normalized spacial score (nSPS) is 11.0. The van der Waals surface area contributed by atoms with Gasteiger partial charge in [0.2, 0.25) is 5.91 Å². The molecule has 0 aliphatic heterocycles. The third-order valence-electron chi connectivity index (χ3n) is 5.17. The van der Waals surface area contributed by atoms with E-state index >= 15 is 0 Å². The smallest absolute Gasteiger partial charge is 0.262 e. The highest BCUT2D eigenvalue weighted by atomic mass is 32.1. The van der Waals surface area contributed by atoms with Gasteiger partial charge in [-0.25, -0.2) is 0 Å². The minimum absolute atomic E-state index is 0.0480. The zero-order chi connectivity index (χ0) is 24.0. The summed E-state index contributed by atoms with van der Waals surface area (Å²) in [7, 11) is 1.61. The average Bonchev–Trinajstić information content (AvgIpc) is 2.80. The van der Waals surface area contributed by atoms with Gasteiger partial charge >= 0.3 is 0 Å². The predicted octanol–water partition coefficient (Wildman–Crippen LogP) is 3.62. The summed E-state index contributed by atoms with van der Waals surface area (Å²) in [5.41, 5.74) is 2.35. The zero-order valence-electron chi connectivity index (χ0n) is 18.9. The number of amides is 2. The summed E-state index contributed by atoms with van der Waals surface area (Å²) in [6.45, 7) is 4.98. The number of aromatic amines is 1. The van der Waals surface area contributed by atoms with Gasteiger partial charge in [0.15, 0.2) is 4.77 Å². The summed E-state index contributed by atoms with van der Waals surface area (Å²) in [5, 5.41) is 6.17. The van der Waals surface area contributed by atoms with Gasteiger partial charge in [0.25, 0.3) is 11.5 Å². The Morgan fingerprint density at radius 1 is 1.15 bits per heavy atom. The van der Waals surface area contributed by atoms with Crippen LogP contribution in [0.25, 0.3) is 10.9 Å². The molecule has 0 unspecified atom stereocenters. The summed E-state index contributed by atoms with van der Waals surface area (Å²) in [6, 6.07) is 12.2. The SMILES string of the molecule is COCCCn1c(=S)[nH]c2cc(C(=O)NCc3ccc(NC(=O)C(C)C)cc3)ccc2c1=O. The van der Waals surface area contributed by atoms with Crippen molar-refractivity contribution >= 4 is 40.6 Å². The number of ether oxygens (including phenoxy) is 1. The van der Waals surface area contributed by atoms with Gasteiger partial charge in [0.05, 0.1) is 10.9 Å². The van der Waals surface area contributed by atoms with E-state index in [0.717, 1.165) is 5.56 Å². The fourth-order valence-electron chi connectivity index (χ4n) is 3.24. The van der Waals surface area contributed by atoms with Crippen molar-refractivity contribution in [3.05, 3.63) is 68.7 Å². The van der Waals surface area contributed by atoms with Crippen LogP contribution in [0.4, 0.5) is 5.69 Å². The lowest BCUT2D eigenvalue weighted by Gasteiger charge is -2.10. The molecule has 0 bridgehead atoms. The van der Waals surface area contributed by atoms with Crippen LogP contribution in [0.1, 0.15) is 36.2 Å². The molecule has 0 aliphatic carbocycles. The van der Waals surface area contributed by atoms with E-state index in [0.29, 0.717) is 53.0 Å². The van der Waals surface area contributed by atoms with Crippen LogP contribution >= 0.6 is 12.2 Å². The number of fused-ring (bicyclic) bond motifs is 1. The monoisotopic (exact) mass is 468 g/mol. The van der Waals surface area contributed by atoms with Crippen molar-refractivity contribution in [3.63, 3.8) is 0 Å². The van der Waals surface area contributed by atoms with Crippen LogP contribution in [0.5, 0.6) is 0 Å². The van der Waals surface area contributed by atoms with E-state index in [9.17, 15) is 14.4 Å². The lowest BCUT2D eigenvalue weighted by atomic mass is 10.1. The molecule has 0 fully saturated rings. The van der Waals surface area contributed by atoms with Gasteiger partial charge in [-0.2, -0.15) is 0 Å². The Bertz CT molecular complexity index is 1260. The number of hydrogen-bond donors (Lipinski definition) is 3. The topological polar surface area (TPSA) is 105 Å². The van der Waals surface area contributed by atoms with E-state index in [-0.39, 0.29) is 23.3 Å². The van der Waals surface area contributed by atoms with E-state index in [1.165, 1.54) is 4.57 Å². The number of nitrogens with one attached hydrogen (secondary N) is 3. The van der Waals surface area contributed by atoms with Crippen molar-refractivity contribution in [2.45, 2.75) is 33.4 Å². The number of carbonyl (C=O) groups excluding carboxylic acids is 2. The van der Waals surface area contributed by atoms with E-state index in [2.05, 4.69) is 15.6 Å². The molecule has 1 heterocycles. The van der Waals surface area contributed by atoms with Gasteiger partial charge < -0.3 is 20.4 Å². The number of methoxy groups -OCH3 is 1. The van der Waals surface area contributed by atoms with Gasteiger partial charge in [-0.15, -0.1) is 0 Å². The molecule has 2 amide bonds. The molecule has 0 spiro atoms. The van der Waals surface area contributed by atoms with Crippen LogP contribution in [0.2, 0.25) is 0 Å². The van der Waals surface area contributed by atoms with Crippen molar-refractivity contribution in [2.75, 3.05) is 19.0 Å². The second-order valence-electron chi connectivity index (χ2n) is 8.02. The number of hydrogen-bond acceptors (Lipinski definition) is 5. The third-order valence-corrected chi connectivity index (χ3v) is 5.50. The Hall–Kier alpha value is -3.30. The molecule has 0 atom stereocenters. The summed E-state index contributed by atoms with van der Waals surface area (Å²) in [4.78, 5) is 40.3. The van der Waals surface area contributed by atoms with Gasteiger partial charge in [0, 0.05) is 44.0 Å². The third kappa shape index (κ3) is 6.15. The fourth-order valence-corrected chi connectivity index (χ4v) is 3.53. The molecule has 3 N–H and O–H groups in total. The highest BCUT2D eigenvalue weighted by Crippen LogP contribution is 2.13. The largest absolute Gasteiger partial charge is 0.385 e. The molecule has 174 valence electrons. The van der Waals surface area contributed by atoms with Gasteiger partial charge in [-0.1, -0.05) is 26.0 Å². The van der Waals surface area contributed by atoms with Crippen molar-refractivity contribution in [3.8, 4) is 0 Å². The number of nitrogens with zero attached hydrogens (tertiary/aromatic N) is 1. The van der Waals surface area contributed by atoms with E-state index in [1.807, 2.05) is 26.0 Å². The standard InChI is InChI=1S/C24H28N4O4S/c1-15(2)21(29)26-18-8-5-16(6-9-18)14-25-22(30)17-7-10-19-20(13-17)27-24(33)28(23(19)31)11-4-12-32-3/h5-10,13,15H,4,11-12,14H2,1-3H3,(H,25,30)(H,26,29)(H,27,33). The molecule has 0 radical (unpaired) electrons. The molecular weight excluding hydrogens is 440 g/mol. The Morgan fingerprint density at radius 3 is 2.55 bits per heavy atom. The Balaban J connectivity index is 1.69. The lowest BCUT2D eigenvalue weighted by Crippen LogP contribution is -2.24. The summed E-state index contributed by atoms with van der Waals surface area (Å²) < 4.78 is 6.85. The van der Waals surface area contributed by atoms with Crippen LogP contribution in [0.3, 0.4) is 0 Å². The van der Waals surface area contributed by atoms with E-state index < -0.39 is 0 Å². The first-order valence-electron chi connectivity index (χ1n) is 10.7. The molecule has 3 rings (SSSR count). The maximum atomic E-state index is 12.8. The minimum atomic E-state index is -0.266. The summed E-state index contributed by atoms with van der Waals surface area (Å²) in [6.07, 6.45) is 0.672. The molecule has 0 aliphatic rings. The first-order valence-corrected chi connectivity index (χ1v) is 11.1. The fraction of sp³-hybridized carbons (Fsp3) is 0.333. The lowest BCUT2D eigenvalue weighted by molar-refractivity contribution is -0.118. The molecule has 9 heteroatoms. The Labute approximate surface area is 197 Å². The maximum Gasteiger partial charge on any atom is 0.262 e. The number of H-pyrrole nitrogens is 1. The highest BCUT2D eigenvalue weighted by Gasteiger charge is 2.11. The van der Waals surface area contributed by atoms with E-state index in [4.69, 9.17) is 17.0 Å². The van der Waals surface area contributed by atoms with Crippen LogP contribution in [-0.4, -0.2) is 35.1 Å². The molecular formula is C24H28N4O4S. The van der Waals surface area contributed by atoms with Crippen LogP contribution in [0.15, 0.2) is 47.3 Å². The second-order valence-corrected chi connectivity index (χ2v) is 8.40. The Morgan fingerprint density at radius 2 is 1.88 bits per heavy atom. The molecule has 33 heavy (non-hydrogen) atoms. The zero-order valence-corrected chi connectivity index (χ0v) is 19.8. The molecule has 2 aromatic carbocycles. The minimum Gasteiger partial charge on any atom is -0.385 e. The molecule has 1 aromatic heterocycles. The number of anilines is 1. The van der Waals surface area contributed by atoms with Crippen molar-refractivity contribution in [1.82, 2.24) is 14.9 Å². The molecule has 0 saturated carbocycles. The van der Waals surface area contributed by atoms with Crippen LogP contribution < -0.4 is 16.2 Å². The van der Waals surface area contributed by atoms with Crippen molar-refractivity contribution in [2.24, 2.45) is 5.92 Å². The summed E-state index contributed by atoms with van der Waals surface area (Å²) in [5.74, 6) is -0.413. The second kappa shape index (κ2) is 11.0. The first kappa shape index (κ1) is 24.3. The van der Waals surface area contributed by atoms with Crippen LogP contribution in [-0.2, 0) is 22.6 Å². The van der Waals surface area contributed by atoms with Crippen molar-refractivity contribution in [1.29, 1.82) is 0 Å². The number of rotatable bonds is 9. The van der Waals surface area contributed by atoms with E-state index in [1.54, 1.807) is 37.4 Å². The quantitative estimate of drug-likeness (QED) is 0.329. The van der Waals surface area contributed by atoms with Crippen molar-refractivity contribution < 1.29 is 14.3 Å². The highest BCUT2D eigenvalue weighted by molar-refractivity contribution is 7.71. The predicted molar refractivity (Wildman–Crippen MR) is 131 cm³/mol. The number of aromatic nitrogens is 2. The van der Waals surface area contributed by atoms with Gasteiger partial charge in [-0.05, 0) is 54.5 Å². The maximum absolute atomic E-state index is 12.8. The summed E-state index contributed by atoms with van der Waals surface area (Å²) >= 11 is 5.33. The average molecular weight is 469 g/mol. The van der Waals surface area contributed by atoms with Gasteiger partial charge in [-0.3, -0.25) is 19.0 Å². The number of carbonyl (C=O) groups is 2.